The number of rotatable bonds is 5. The molecule has 0 saturated carbocycles. The molecule has 0 aliphatic carbocycles. The predicted molar refractivity (Wildman–Crippen MR) is 84.8 cm³/mol. The van der Waals surface area contributed by atoms with E-state index in [4.69, 9.17) is 4.42 Å². The Kier molecular flexibility index (Phi) is 3.96. The summed E-state index contributed by atoms with van der Waals surface area (Å²) in [6, 6.07) is 13.7. The van der Waals surface area contributed by atoms with Gasteiger partial charge in [-0.25, -0.2) is 9.18 Å². The summed E-state index contributed by atoms with van der Waals surface area (Å²) in [5.74, 6) is -0.604. The first-order valence-electron chi connectivity index (χ1n) is 7.28. The summed E-state index contributed by atoms with van der Waals surface area (Å²) >= 11 is 0. The van der Waals surface area contributed by atoms with E-state index in [0.717, 1.165) is 17.7 Å². The molecule has 0 atom stereocenters. The molecule has 114 valence electrons. The molecule has 22 heavy (non-hydrogen) atoms. The molecule has 4 nitrogen and oxygen atoms in total. The molecule has 0 aliphatic rings. The van der Waals surface area contributed by atoms with Gasteiger partial charge in [-0.05, 0) is 43.3 Å². The van der Waals surface area contributed by atoms with E-state index in [1.54, 1.807) is 22.8 Å². The van der Waals surface area contributed by atoms with Gasteiger partial charge in [0.15, 0.2) is 5.58 Å². The van der Waals surface area contributed by atoms with Crippen LogP contribution in [0.4, 0.5) is 10.1 Å². The maximum absolute atomic E-state index is 13.0. The van der Waals surface area contributed by atoms with Gasteiger partial charge in [-0.3, -0.25) is 4.57 Å². The van der Waals surface area contributed by atoms with Crippen LogP contribution < -0.4 is 10.7 Å². The molecule has 0 spiro atoms. The monoisotopic (exact) mass is 300 g/mol. The third kappa shape index (κ3) is 2.74. The van der Waals surface area contributed by atoms with E-state index in [0.29, 0.717) is 18.7 Å². The van der Waals surface area contributed by atoms with Crippen LogP contribution in [0.2, 0.25) is 0 Å². The maximum Gasteiger partial charge on any atom is 0.420 e. The van der Waals surface area contributed by atoms with Crippen molar-refractivity contribution in [2.75, 3.05) is 18.0 Å². The number of fused-ring (bicyclic) bond motifs is 1. The van der Waals surface area contributed by atoms with Gasteiger partial charge in [0.25, 0.3) is 0 Å². The number of halogens is 1. The van der Waals surface area contributed by atoms with Crippen molar-refractivity contribution in [2.45, 2.75) is 13.5 Å². The van der Waals surface area contributed by atoms with Crippen molar-refractivity contribution in [2.24, 2.45) is 0 Å². The van der Waals surface area contributed by atoms with Crippen LogP contribution in [0.5, 0.6) is 0 Å². The van der Waals surface area contributed by atoms with Crippen molar-refractivity contribution in [3.63, 3.8) is 0 Å². The Morgan fingerprint density at radius 2 is 1.86 bits per heavy atom. The van der Waals surface area contributed by atoms with Crippen LogP contribution in [0.15, 0.2) is 57.7 Å². The fourth-order valence-electron chi connectivity index (χ4n) is 2.57. The highest BCUT2D eigenvalue weighted by molar-refractivity contribution is 5.72. The molecule has 0 N–H and O–H groups in total. The Balaban J connectivity index is 1.81. The second kappa shape index (κ2) is 6.05. The lowest BCUT2D eigenvalue weighted by Gasteiger charge is -2.23. The average molecular weight is 300 g/mol. The Bertz CT molecular complexity index is 821. The molecule has 0 saturated heterocycles. The van der Waals surface area contributed by atoms with E-state index in [2.05, 4.69) is 4.90 Å². The van der Waals surface area contributed by atoms with E-state index in [1.165, 1.54) is 12.1 Å². The first-order valence-corrected chi connectivity index (χ1v) is 7.28. The molecule has 0 bridgehead atoms. The summed E-state index contributed by atoms with van der Waals surface area (Å²) in [5, 5.41) is 0. The minimum atomic E-state index is -0.351. The van der Waals surface area contributed by atoms with E-state index < -0.39 is 0 Å². The van der Waals surface area contributed by atoms with Crippen LogP contribution in [0, 0.1) is 5.82 Å². The number of aromatic nitrogens is 1. The second-order valence-corrected chi connectivity index (χ2v) is 5.04. The molecule has 0 fully saturated rings. The van der Waals surface area contributed by atoms with E-state index in [1.807, 2.05) is 25.1 Å². The fraction of sp³-hybridized carbons (Fsp3) is 0.235. The van der Waals surface area contributed by atoms with Gasteiger partial charge in [0, 0.05) is 25.3 Å². The number of benzene rings is 2. The Hall–Kier alpha value is -2.56. The van der Waals surface area contributed by atoms with Crippen molar-refractivity contribution in [1.82, 2.24) is 4.57 Å². The summed E-state index contributed by atoms with van der Waals surface area (Å²) in [7, 11) is 0. The van der Waals surface area contributed by atoms with Gasteiger partial charge in [0.1, 0.15) is 5.82 Å². The lowest BCUT2D eigenvalue weighted by Crippen LogP contribution is -2.29. The zero-order valence-corrected chi connectivity index (χ0v) is 12.3. The van der Waals surface area contributed by atoms with Crippen LogP contribution in [0.3, 0.4) is 0 Å². The van der Waals surface area contributed by atoms with Gasteiger partial charge in [-0.15, -0.1) is 0 Å². The standard InChI is InChI=1S/C17H17FN2O2/c1-2-19(14-9-7-13(18)8-10-14)11-12-20-15-5-3-4-6-16(15)22-17(20)21/h3-10H,2,11-12H2,1H3. The number of anilines is 1. The predicted octanol–water partition coefficient (Wildman–Crippen LogP) is 3.26. The summed E-state index contributed by atoms with van der Waals surface area (Å²) in [5.41, 5.74) is 2.32. The molecule has 3 aromatic rings. The van der Waals surface area contributed by atoms with Crippen molar-refractivity contribution >= 4 is 16.8 Å². The minimum absolute atomic E-state index is 0.253. The van der Waals surface area contributed by atoms with Crippen molar-refractivity contribution in [1.29, 1.82) is 0 Å². The SMILES string of the molecule is CCN(CCn1c(=O)oc2ccccc21)c1ccc(F)cc1. The highest BCUT2D eigenvalue weighted by Crippen LogP contribution is 2.16. The van der Waals surface area contributed by atoms with Crippen LogP contribution in [-0.4, -0.2) is 17.7 Å². The van der Waals surface area contributed by atoms with Gasteiger partial charge >= 0.3 is 5.76 Å². The van der Waals surface area contributed by atoms with Crippen LogP contribution >= 0.6 is 0 Å². The Labute approximate surface area is 127 Å². The van der Waals surface area contributed by atoms with Gasteiger partial charge in [0.05, 0.1) is 5.52 Å². The lowest BCUT2D eigenvalue weighted by molar-refractivity contribution is 0.504. The molecule has 0 radical (unpaired) electrons. The molecule has 2 aromatic carbocycles. The molecular formula is C17H17FN2O2. The first-order chi connectivity index (χ1) is 10.7. The highest BCUT2D eigenvalue weighted by atomic mass is 19.1. The van der Waals surface area contributed by atoms with Crippen molar-refractivity contribution in [3.8, 4) is 0 Å². The molecule has 5 heteroatoms. The second-order valence-electron chi connectivity index (χ2n) is 5.04. The van der Waals surface area contributed by atoms with Gasteiger partial charge in [0.2, 0.25) is 0 Å². The fourth-order valence-corrected chi connectivity index (χ4v) is 2.57. The van der Waals surface area contributed by atoms with Crippen molar-refractivity contribution < 1.29 is 8.81 Å². The number of oxazole rings is 1. The summed E-state index contributed by atoms with van der Waals surface area (Å²) in [4.78, 5) is 14.0. The molecule has 0 amide bonds. The number of hydrogen-bond donors (Lipinski definition) is 0. The normalized spacial score (nSPS) is 11.0. The number of nitrogens with zero attached hydrogens (tertiary/aromatic N) is 2. The molecule has 0 aliphatic heterocycles. The molecule has 1 heterocycles. The zero-order valence-electron chi connectivity index (χ0n) is 12.3. The third-order valence-corrected chi connectivity index (χ3v) is 3.74. The average Bonchev–Trinajstić information content (AvgIpc) is 2.85. The number of para-hydroxylation sites is 2. The smallest absolute Gasteiger partial charge is 0.408 e. The zero-order chi connectivity index (χ0) is 15.5. The summed E-state index contributed by atoms with van der Waals surface area (Å²) in [6.45, 7) is 3.96. The number of likely N-dealkylation sites (N-methyl/N-ethyl adjacent to an activating group) is 1. The largest absolute Gasteiger partial charge is 0.420 e. The van der Waals surface area contributed by atoms with Crippen LogP contribution in [0.1, 0.15) is 6.92 Å². The minimum Gasteiger partial charge on any atom is -0.408 e. The number of hydrogen-bond acceptors (Lipinski definition) is 3. The van der Waals surface area contributed by atoms with Gasteiger partial charge in [-0.2, -0.15) is 0 Å². The first kappa shape index (κ1) is 14.4. The van der Waals surface area contributed by atoms with Crippen LogP contribution in [0.25, 0.3) is 11.1 Å². The molecule has 3 rings (SSSR count). The maximum atomic E-state index is 13.0. The highest BCUT2D eigenvalue weighted by Gasteiger charge is 2.10. The molecular weight excluding hydrogens is 283 g/mol. The van der Waals surface area contributed by atoms with E-state index in [-0.39, 0.29) is 11.6 Å². The third-order valence-electron chi connectivity index (χ3n) is 3.74. The van der Waals surface area contributed by atoms with Crippen LogP contribution in [-0.2, 0) is 6.54 Å². The molecule has 0 unspecified atom stereocenters. The van der Waals surface area contributed by atoms with Gasteiger partial charge < -0.3 is 9.32 Å². The van der Waals surface area contributed by atoms with E-state index in [9.17, 15) is 9.18 Å². The summed E-state index contributed by atoms with van der Waals surface area (Å²) < 4.78 is 19.9. The van der Waals surface area contributed by atoms with Crippen molar-refractivity contribution in [3.05, 3.63) is 64.9 Å². The topological polar surface area (TPSA) is 38.4 Å². The molecule has 1 aromatic heterocycles. The van der Waals surface area contributed by atoms with Gasteiger partial charge in [-0.1, -0.05) is 12.1 Å². The lowest BCUT2D eigenvalue weighted by atomic mass is 10.2. The quantitative estimate of drug-likeness (QED) is 0.726. The Morgan fingerprint density at radius 3 is 2.59 bits per heavy atom. The Morgan fingerprint density at radius 1 is 1.14 bits per heavy atom. The summed E-state index contributed by atoms with van der Waals surface area (Å²) in [6.07, 6.45) is 0. The van der Waals surface area contributed by atoms with E-state index >= 15 is 0 Å².